The normalized spacial score (nSPS) is 16.8. The van der Waals surface area contributed by atoms with E-state index in [1.165, 1.54) is 15.3 Å². The number of thiophene rings is 1. The molecule has 2 aromatic rings. The van der Waals surface area contributed by atoms with E-state index in [0.717, 1.165) is 37.9 Å². The van der Waals surface area contributed by atoms with Crippen LogP contribution in [0.15, 0.2) is 17.6 Å². The zero-order valence-corrected chi connectivity index (χ0v) is 13.3. The highest BCUT2D eigenvalue weighted by Crippen LogP contribution is 2.24. The molecule has 6 heteroatoms. The summed E-state index contributed by atoms with van der Waals surface area (Å²) < 4.78 is 0. The molecule has 20 heavy (non-hydrogen) atoms. The molecule has 1 fully saturated rings. The van der Waals surface area contributed by atoms with Crippen LogP contribution in [0.3, 0.4) is 0 Å². The Morgan fingerprint density at radius 1 is 1.30 bits per heavy atom. The lowest BCUT2D eigenvalue weighted by atomic mass is 10.2. The Morgan fingerprint density at radius 2 is 2.10 bits per heavy atom. The summed E-state index contributed by atoms with van der Waals surface area (Å²) in [6.45, 7) is 8.25. The number of anilines is 1. The molecule has 0 radical (unpaired) electrons. The predicted octanol–water partition coefficient (Wildman–Crippen LogP) is 2.29. The second-order valence-corrected chi connectivity index (χ2v) is 7.29. The van der Waals surface area contributed by atoms with Gasteiger partial charge in [-0.3, -0.25) is 4.90 Å². The maximum Gasteiger partial charge on any atom is 0.185 e. The highest BCUT2D eigenvalue weighted by molar-refractivity contribution is 7.13. The fourth-order valence-electron chi connectivity index (χ4n) is 2.56. The number of thiazole rings is 1. The van der Waals surface area contributed by atoms with E-state index in [-0.39, 0.29) is 0 Å². The molecular weight excluding hydrogens is 288 g/mol. The van der Waals surface area contributed by atoms with Crippen LogP contribution in [0.1, 0.15) is 15.3 Å². The summed E-state index contributed by atoms with van der Waals surface area (Å²) in [6, 6.07) is 2.27. The van der Waals surface area contributed by atoms with Crippen molar-refractivity contribution in [1.29, 1.82) is 0 Å². The third-order valence-corrected chi connectivity index (χ3v) is 5.68. The van der Waals surface area contributed by atoms with Gasteiger partial charge in [0.1, 0.15) is 0 Å². The first-order valence-electron chi connectivity index (χ1n) is 6.91. The number of aromatic nitrogens is 1. The van der Waals surface area contributed by atoms with Crippen molar-refractivity contribution in [2.45, 2.75) is 20.0 Å². The summed E-state index contributed by atoms with van der Waals surface area (Å²) in [7, 11) is 0. The minimum Gasteiger partial charge on any atom is -0.346 e. The Bertz CT molecular complexity index is 542. The fourth-order valence-corrected chi connectivity index (χ4v) is 4.18. The van der Waals surface area contributed by atoms with E-state index in [1.807, 2.05) is 22.9 Å². The Labute approximate surface area is 127 Å². The number of aryl methyl sites for hydroxylation is 1. The average Bonchev–Trinajstić information content (AvgIpc) is 3.10. The van der Waals surface area contributed by atoms with Crippen molar-refractivity contribution in [2.75, 3.05) is 31.1 Å². The molecule has 1 saturated heterocycles. The molecule has 3 heterocycles. The van der Waals surface area contributed by atoms with Gasteiger partial charge in [-0.05, 0) is 18.6 Å². The van der Waals surface area contributed by atoms with E-state index in [2.05, 4.69) is 27.8 Å². The molecular formula is C14H20N4S2. The van der Waals surface area contributed by atoms with Gasteiger partial charge in [0.05, 0.1) is 0 Å². The van der Waals surface area contributed by atoms with Gasteiger partial charge in [-0.15, -0.1) is 22.7 Å². The highest BCUT2D eigenvalue weighted by atomic mass is 32.1. The second-order valence-electron chi connectivity index (χ2n) is 5.08. The van der Waals surface area contributed by atoms with Crippen LogP contribution in [-0.2, 0) is 13.1 Å². The first-order valence-corrected chi connectivity index (χ1v) is 8.61. The van der Waals surface area contributed by atoms with Crippen LogP contribution in [0.5, 0.6) is 0 Å². The fraction of sp³-hybridized carbons (Fsp3) is 0.500. The van der Waals surface area contributed by atoms with Crippen molar-refractivity contribution in [3.63, 3.8) is 0 Å². The standard InChI is InChI=1S/C14H20N4S2/c1-11-12(8-13(9-15)20-11)10-17-3-5-18(6-4-17)14-16-2-7-19-14/h2,7-8H,3-6,9-10,15H2,1H3. The molecule has 0 atom stereocenters. The van der Waals surface area contributed by atoms with Crippen LogP contribution in [0, 0.1) is 6.92 Å². The number of hydrogen-bond acceptors (Lipinski definition) is 6. The first-order chi connectivity index (χ1) is 9.76. The van der Waals surface area contributed by atoms with Gasteiger partial charge in [0, 0.05) is 60.6 Å². The van der Waals surface area contributed by atoms with Crippen LogP contribution in [0.4, 0.5) is 5.13 Å². The summed E-state index contributed by atoms with van der Waals surface area (Å²) >= 11 is 3.56. The minimum absolute atomic E-state index is 0.656. The van der Waals surface area contributed by atoms with Crippen LogP contribution in [0.2, 0.25) is 0 Å². The largest absolute Gasteiger partial charge is 0.346 e. The first kappa shape index (κ1) is 14.0. The molecule has 1 aliphatic heterocycles. The van der Waals surface area contributed by atoms with E-state index in [0.29, 0.717) is 6.54 Å². The van der Waals surface area contributed by atoms with Crippen molar-refractivity contribution in [2.24, 2.45) is 5.73 Å². The number of rotatable bonds is 4. The molecule has 2 N–H and O–H groups in total. The Morgan fingerprint density at radius 3 is 2.70 bits per heavy atom. The number of nitrogens with two attached hydrogens (primary N) is 1. The average molecular weight is 308 g/mol. The smallest absolute Gasteiger partial charge is 0.185 e. The molecule has 0 aliphatic carbocycles. The van der Waals surface area contributed by atoms with E-state index in [9.17, 15) is 0 Å². The maximum atomic E-state index is 5.72. The van der Waals surface area contributed by atoms with Gasteiger partial charge in [0.25, 0.3) is 0 Å². The Hall–Kier alpha value is -0.950. The van der Waals surface area contributed by atoms with E-state index in [1.54, 1.807) is 11.3 Å². The molecule has 0 unspecified atom stereocenters. The van der Waals surface area contributed by atoms with Gasteiger partial charge >= 0.3 is 0 Å². The van der Waals surface area contributed by atoms with E-state index in [4.69, 9.17) is 5.73 Å². The molecule has 0 amide bonds. The van der Waals surface area contributed by atoms with Crippen LogP contribution in [-0.4, -0.2) is 36.1 Å². The number of piperazine rings is 1. The van der Waals surface area contributed by atoms with Gasteiger partial charge in [-0.25, -0.2) is 4.98 Å². The topological polar surface area (TPSA) is 45.4 Å². The zero-order chi connectivity index (χ0) is 13.9. The minimum atomic E-state index is 0.656. The maximum absolute atomic E-state index is 5.72. The van der Waals surface area contributed by atoms with Crippen molar-refractivity contribution in [1.82, 2.24) is 9.88 Å². The second kappa shape index (κ2) is 6.22. The summed E-state index contributed by atoms with van der Waals surface area (Å²) in [5.74, 6) is 0. The lowest BCUT2D eigenvalue weighted by Gasteiger charge is -2.34. The lowest BCUT2D eigenvalue weighted by Crippen LogP contribution is -2.45. The Kier molecular flexibility index (Phi) is 4.35. The third kappa shape index (κ3) is 3.03. The molecule has 108 valence electrons. The quantitative estimate of drug-likeness (QED) is 0.941. The van der Waals surface area contributed by atoms with Crippen LogP contribution >= 0.6 is 22.7 Å². The lowest BCUT2D eigenvalue weighted by molar-refractivity contribution is 0.249. The number of nitrogens with zero attached hydrogens (tertiary/aromatic N) is 3. The summed E-state index contributed by atoms with van der Waals surface area (Å²) in [6.07, 6.45) is 1.88. The molecule has 3 rings (SSSR count). The predicted molar refractivity (Wildman–Crippen MR) is 86.6 cm³/mol. The molecule has 0 bridgehead atoms. The highest BCUT2D eigenvalue weighted by Gasteiger charge is 2.19. The van der Waals surface area contributed by atoms with Crippen LogP contribution < -0.4 is 10.6 Å². The van der Waals surface area contributed by atoms with Crippen LogP contribution in [0.25, 0.3) is 0 Å². The van der Waals surface area contributed by atoms with Gasteiger partial charge in [-0.1, -0.05) is 0 Å². The van der Waals surface area contributed by atoms with E-state index < -0.39 is 0 Å². The monoisotopic (exact) mass is 308 g/mol. The summed E-state index contributed by atoms with van der Waals surface area (Å²) in [5.41, 5.74) is 7.16. The molecule has 4 nitrogen and oxygen atoms in total. The van der Waals surface area contributed by atoms with Crippen molar-refractivity contribution in [3.05, 3.63) is 33.0 Å². The molecule has 2 aromatic heterocycles. The van der Waals surface area contributed by atoms with Gasteiger partial charge in [-0.2, -0.15) is 0 Å². The van der Waals surface area contributed by atoms with Gasteiger partial charge in [0.2, 0.25) is 0 Å². The van der Waals surface area contributed by atoms with Crippen molar-refractivity contribution < 1.29 is 0 Å². The third-order valence-electron chi connectivity index (χ3n) is 3.73. The number of hydrogen-bond donors (Lipinski definition) is 1. The van der Waals surface area contributed by atoms with Gasteiger partial charge < -0.3 is 10.6 Å². The summed E-state index contributed by atoms with van der Waals surface area (Å²) in [5, 5.41) is 3.20. The molecule has 0 aromatic carbocycles. The Balaban J connectivity index is 1.57. The zero-order valence-electron chi connectivity index (χ0n) is 11.7. The van der Waals surface area contributed by atoms with Crippen molar-refractivity contribution >= 4 is 27.8 Å². The summed E-state index contributed by atoms with van der Waals surface area (Å²) in [4.78, 5) is 12.0. The SMILES string of the molecule is Cc1sc(CN)cc1CN1CCN(c2nccs2)CC1. The molecule has 1 aliphatic rings. The molecule has 0 spiro atoms. The van der Waals surface area contributed by atoms with E-state index >= 15 is 0 Å². The van der Waals surface area contributed by atoms with Crippen molar-refractivity contribution in [3.8, 4) is 0 Å². The molecule has 0 saturated carbocycles. The van der Waals surface area contributed by atoms with Gasteiger partial charge in [0.15, 0.2) is 5.13 Å².